The average Bonchev–Trinajstić information content (AvgIpc) is 3.17. The first-order valence-electron chi connectivity index (χ1n) is 8.24. The number of hydrogen-bond acceptors (Lipinski definition) is 3. The molecular weight excluding hydrogens is 385 g/mol. The van der Waals surface area contributed by atoms with E-state index in [0.717, 1.165) is 25.7 Å². The predicted octanol–water partition coefficient (Wildman–Crippen LogP) is 3.16. The van der Waals surface area contributed by atoms with Crippen molar-refractivity contribution in [2.45, 2.75) is 37.6 Å². The van der Waals surface area contributed by atoms with Gasteiger partial charge in [0.1, 0.15) is 5.92 Å². The number of nitrogens with zero attached hydrogens (tertiary/aromatic N) is 1. The summed E-state index contributed by atoms with van der Waals surface area (Å²) < 4.78 is 0. The van der Waals surface area contributed by atoms with Crippen LogP contribution < -0.4 is 16.0 Å². The van der Waals surface area contributed by atoms with Gasteiger partial charge in [0.25, 0.3) is 0 Å². The van der Waals surface area contributed by atoms with Crippen LogP contribution in [0.2, 0.25) is 10.0 Å². The molecule has 138 valence electrons. The molecule has 3 rings (SSSR count). The summed E-state index contributed by atoms with van der Waals surface area (Å²) in [6.07, 6.45) is 4.38. The topological polar surface area (TPSA) is 75.4 Å². The molecule has 2 aliphatic rings. The van der Waals surface area contributed by atoms with Crippen LogP contribution in [0.15, 0.2) is 18.2 Å². The van der Waals surface area contributed by atoms with Crippen LogP contribution in [0.3, 0.4) is 0 Å². The van der Waals surface area contributed by atoms with Crippen LogP contribution in [0.4, 0.5) is 5.69 Å². The molecule has 1 saturated carbocycles. The Bertz CT molecular complexity index is 663. The Morgan fingerprint density at radius 2 is 1.96 bits per heavy atom. The molecule has 1 aliphatic carbocycles. The van der Waals surface area contributed by atoms with Crippen LogP contribution in [-0.4, -0.2) is 30.4 Å². The summed E-state index contributed by atoms with van der Waals surface area (Å²) in [5.41, 5.74) is 6.19. The molecule has 2 fully saturated rings. The van der Waals surface area contributed by atoms with E-state index in [4.69, 9.17) is 28.9 Å². The lowest BCUT2D eigenvalue weighted by Crippen LogP contribution is -2.54. The van der Waals surface area contributed by atoms with E-state index in [0.29, 0.717) is 35.2 Å². The first-order chi connectivity index (χ1) is 11.5. The van der Waals surface area contributed by atoms with Crippen molar-refractivity contribution >= 4 is 53.1 Å². The summed E-state index contributed by atoms with van der Waals surface area (Å²) in [7, 11) is 0. The third-order valence-electron chi connectivity index (χ3n) is 5.08. The summed E-state index contributed by atoms with van der Waals surface area (Å²) >= 11 is 11.9. The first-order valence-corrected chi connectivity index (χ1v) is 9.00. The van der Waals surface area contributed by atoms with E-state index in [9.17, 15) is 9.59 Å². The SMILES string of the molecule is Cl.NCC1(NC(=O)C2CCN(c3ccc(Cl)c(Cl)c3)C2=O)CCCC1. The Morgan fingerprint density at radius 3 is 2.56 bits per heavy atom. The number of amides is 2. The van der Waals surface area contributed by atoms with Gasteiger partial charge in [-0.05, 0) is 37.5 Å². The Kier molecular flexibility index (Phi) is 6.60. The van der Waals surface area contributed by atoms with E-state index in [1.165, 1.54) is 0 Å². The van der Waals surface area contributed by atoms with Crippen LogP contribution in [0.5, 0.6) is 0 Å². The molecule has 0 aromatic heterocycles. The standard InChI is InChI=1S/C17H21Cl2N3O2.ClH/c18-13-4-3-11(9-14(13)19)22-8-5-12(16(22)24)15(23)21-17(10-20)6-1-2-7-17;/h3-4,9,12H,1-2,5-8,10,20H2,(H,21,23);1H. The lowest BCUT2D eigenvalue weighted by Gasteiger charge is -2.29. The molecule has 0 radical (unpaired) electrons. The van der Waals surface area contributed by atoms with Gasteiger partial charge in [-0.3, -0.25) is 9.59 Å². The molecule has 1 aromatic rings. The Morgan fingerprint density at radius 1 is 1.28 bits per heavy atom. The molecule has 1 saturated heterocycles. The molecule has 2 amide bonds. The minimum absolute atomic E-state index is 0. The third kappa shape index (κ3) is 4.05. The first kappa shape index (κ1) is 20.3. The average molecular weight is 407 g/mol. The normalized spacial score (nSPS) is 22.0. The van der Waals surface area contributed by atoms with Gasteiger partial charge in [-0.15, -0.1) is 12.4 Å². The second kappa shape index (κ2) is 8.12. The van der Waals surface area contributed by atoms with Gasteiger partial charge in [0.05, 0.1) is 15.6 Å². The van der Waals surface area contributed by atoms with Gasteiger partial charge in [-0.1, -0.05) is 36.0 Å². The number of nitrogens with two attached hydrogens (primary N) is 1. The molecule has 5 nitrogen and oxygen atoms in total. The maximum atomic E-state index is 12.7. The van der Waals surface area contributed by atoms with Gasteiger partial charge in [0.15, 0.2) is 0 Å². The highest BCUT2D eigenvalue weighted by atomic mass is 35.5. The number of anilines is 1. The summed E-state index contributed by atoms with van der Waals surface area (Å²) in [4.78, 5) is 26.9. The fourth-order valence-electron chi connectivity index (χ4n) is 3.61. The third-order valence-corrected chi connectivity index (χ3v) is 5.82. The smallest absolute Gasteiger partial charge is 0.239 e. The van der Waals surface area contributed by atoms with Crippen molar-refractivity contribution in [1.82, 2.24) is 5.32 Å². The van der Waals surface area contributed by atoms with Crippen LogP contribution >= 0.6 is 35.6 Å². The zero-order valence-electron chi connectivity index (χ0n) is 13.8. The number of rotatable bonds is 4. The highest BCUT2D eigenvalue weighted by molar-refractivity contribution is 6.42. The fourth-order valence-corrected chi connectivity index (χ4v) is 3.91. The van der Waals surface area contributed by atoms with Gasteiger partial charge in [0.2, 0.25) is 11.8 Å². The molecule has 3 N–H and O–H groups in total. The molecule has 0 spiro atoms. The van der Waals surface area contributed by atoms with E-state index < -0.39 is 5.92 Å². The molecule has 1 unspecified atom stereocenters. The monoisotopic (exact) mass is 405 g/mol. The predicted molar refractivity (Wildman–Crippen MR) is 103 cm³/mol. The van der Waals surface area contributed by atoms with Crippen LogP contribution in [0.1, 0.15) is 32.1 Å². The molecular formula is C17H22Cl3N3O2. The largest absolute Gasteiger partial charge is 0.349 e. The van der Waals surface area contributed by atoms with Gasteiger partial charge < -0.3 is 16.0 Å². The lowest BCUT2D eigenvalue weighted by molar-refractivity contribution is -0.133. The quantitative estimate of drug-likeness (QED) is 0.754. The van der Waals surface area contributed by atoms with E-state index in [1.54, 1.807) is 23.1 Å². The molecule has 1 heterocycles. The zero-order chi connectivity index (χ0) is 17.3. The second-order valence-electron chi connectivity index (χ2n) is 6.61. The number of carbonyl (C=O) groups excluding carboxylic acids is 2. The van der Waals surface area contributed by atoms with Gasteiger partial charge in [-0.2, -0.15) is 0 Å². The van der Waals surface area contributed by atoms with Crippen molar-refractivity contribution in [2.24, 2.45) is 11.7 Å². The van der Waals surface area contributed by atoms with Crippen molar-refractivity contribution in [3.63, 3.8) is 0 Å². The molecule has 8 heteroatoms. The Balaban J connectivity index is 0.00000225. The summed E-state index contributed by atoms with van der Waals surface area (Å²) in [5.74, 6) is -1.07. The number of benzene rings is 1. The minimum Gasteiger partial charge on any atom is -0.349 e. The van der Waals surface area contributed by atoms with Crippen LogP contribution in [-0.2, 0) is 9.59 Å². The number of hydrogen-bond donors (Lipinski definition) is 2. The van der Waals surface area contributed by atoms with Crippen molar-refractivity contribution < 1.29 is 9.59 Å². The van der Waals surface area contributed by atoms with Crippen molar-refractivity contribution in [2.75, 3.05) is 18.0 Å². The van der Waals surface area contributed by atoms with Crippen molar-refractivity contribution in [3.8, 4) is 0 Å². The second-order valence-corrected chi connectivity index (χ2v) is 7.42. The number of halogens is 3. The molecule has 25 heavy (non-hydrogen) atoms. The Labute approximate surface area is 163 Å². The van der Waals surface area contributed by atoms with Crippen molar-refractivity contribution in [1.29, 1.82) is 0 Å². The summed E-state index contributed by atoms with van der Waals surface area (Å²) in [5, 5.41) is 3.88. The van der Waals surface area contributed by atoms with E-state index in [1.807, 2.05) is 0 Å². The van der Waals surface area contributed by atoms with Crippen LogP contribution in [0, 0.1) is 5.92 Å². The summed E-state index contributed by atoms with van der Waals surface area (Å²) in [6.45, 7) is 0.903. The number of carbonyl (C=O) groups is 2. The van der Waals surface area contributed by atoms with Crippen LogP contribution in [0.25, 0.3) is 0 Å². The van der Waals surface area contributed by atoms with E-state index in [2.05, 4.69) is 5.32 Å². The molecule has 1 aliphatic heterocycles. The Hall–Kier alpha value is -1.01. The summed E-state index contributed by atoms with van der Waals surface area (Å²) in [6, 6.07) is 5.05. The van der Waals surface area contributed by atoms with E-state index in [-0.39, 0.29) is 29.8 Å². The molecule has 1 aromatic carbocycles. The minimum atomic E-state index is -0.663. The highest BCUT2D eigenvalue weighted by Crippen LogP contribution is 2.33. The van der Waals surface area contributed by atoms with Gasteiger partial charge in [0, 0.05) is 18.8 Å². The lowest BCUT2D eigenvalue weighted by atomic mass is 9.96. The zero-order valence-corrected chi connectivity index (χ0v) is 16.1. The fraction of sp³-hybridized carbons (Fsp3) is 0.529. The maximum Gasteiger partial charge on any atom is 0.239 e. The van der Waals surface area contributed by atoms with Crippen molar-refractivity contribution in [3.05, 3.63) is 28.2 Å². The highest BCUT2D eigenvalue weighted by Gasteiger charge is 2.41. The molecule has 1 atom stereocenters. The van der Waals surface area contributed by atoms with Gasteiger partial charge >= 0.3 is 0 Å². The van der Waals surface area contributed by atoms with Gasteiger partial charge in [-0.25, -0.2) is 0 Å². The maximum absolute atomic E-state index is 12.7. The number of nitrogens with one attached hydrogen (secondary N) is 1. The molecule has 0 bridgehead atoms. The van der Waals surface area contributed by atoms with E-state index >= 15 is 0 Å².